The Bertz CT molecular complexity index is 814. The summed E-state index contributed by atoms with van der Waals surface area (Å²) in [6, 6.07) is 6.59. The molecule has 0 saturated carbocycles. The molecule has 1 aromatic heterocycles. The highest BCUT2D eigenvalue weighted by Gasteiger charge is 2.39. The van der Waals surface area contributed by atoms with Gasteiger partial charge < -0.3 is 20.5 Å². The van der Waals surface area contributed by atoms with E-state index in [1.165, 1.54) is 0 Å². The first-order chi connectivity index (χ1) is 12.4. The normalized spacial score (nSPS) is 19.8. The number of hydrogen-bond donors (Lipinski definition) is 2. The number of aryl methyl sites for hydroxylation is 1. The van der Waals surface area contributed by atoms with Crippen molar-refractivity contribution in [1.82, 2.24) is 19.8 Å². The van der Waals surface area contributed by atoms with Crippen LogP contribution in [0.2, 0.25) is 0 Å². The number of carbonyl (C=O) groups excluding carboxylic acids is 2. The van der Waals surface area contributed by atoms with Crippen LogP contribution in [-0.4, -0.2) is 50.9 Å². The molecular weight excluding hydrogens is 330 g/mol. The zero-order valence-electron chi connectivity index (χ0n) is 15.3. The molecule has 2 aromatic rings. The molecule has 2 amide bonds. The summed E-state index contributed by atoms with van der Waals surface area (Å²) in [5.41, 5.74) is 7.34. The fourth-order valence-electron chi connectivity index (χ4n) is 3.37. The molecule has 1 aromatic carbocycles. The van der Waals surface area contributed by atoms with Crippen LogP contribution in [0, 0.1) is 0 Å². The van der Waals surface area contributed by atoms with Crippen LogP contribution in [-0.2, 0) is 11.8 Å². The second-order valence-corrected chi connectivity index (χ2v) is 7.04. The highest BCUT2D eigenvalue weighted by Crippen LogP contribution is 2.26. The topological polar surface area (TPSA) is 93.2 Å². The molecule has 7 nitrogen and oxygen atoms in total. The van der Waals surface area contributed by atoms with E-state index >= 15 is 0 Å². The third-order valence-corrected chi connectivity index (χ3v) is 4.55. The molecule has 1 saturated heterocycles. The summed E-state index contributed by atoms with van der Waals surface area (Å²) in [6.45, 7) is 4.16. The molecule has 3 N–H and O–H groups in total. The van der Waals surface area contributed by atoms with Crippen molar-refractivity contribution in [2.24, 2.45) is 12.8 Å². The summed E-state index contributed by atoms with van der Waals surface area (Å²) in [5.74, 6) is 0.358. The maximum Gasteiger partial charge on any atom is 0.255 e. The lowest BCUT2D eigenvalue weighted by molar-refractivity contribution is -0.125. The third-order valence-electron chi connectivity index (χ3n) is 4.55. The highest BCUT2D eigenvalue weighted by atomic mass is 16.2. The fourth-order valence-corrected chi connectivity index (χ4v) is 3.37. The van der Waals surface area contributed by atoms with Gasteiger partial charge in [-0.15, -0.1) is 0 Å². The minimum atomic E-state index is -0.547. The molecule has 0 aliphatic carbocycles. The number of carbonyl (C=O) groups is 2. The van der Waals surface area contributed by atoms with Gasteiger partial charge in [0.2, 0.25) is 5.91 Å². The Balaban J connectivity index is 1.94. The maximum absolute atomic E-state index is 13.3. The molecule has 3 rings (SSSR count). The molecule has 138 valence electrons. The van der Waals surface area contributed by atoms with Crippen molar-refractivity contribution in [3.8, 4) is 11.4 Å². The Morgan fingerprint density at radius 1 is 1.31 bits per heavy atom. The number of imidazole rings is 1. The fraction of sp³-hybridized carbons (Fsp3) is 0.421. The van der Waals surface area contributed by atoms with Gasteiger partial charge in [0.1, 0.15) is 11.9 Å². The third kappa shape index (κ3) is 3.48. The zero-order chi connectivity index (χ0) is 18.8. The summed E-state index contributed by atoms with van der Waals surface area (Å²) in [5, 5.41) is 2.89. The zero-order valence-corrected chi connectivity index (χ0v) is 15.3. The lowest BCUT2D eigenvalue weighted by Crippen LogP contribution is -2.47. The van der Waals surface area contributed by atoms with Crippen LogP contribution in [0.5, 0.6) is 0 Å². The molecule has 2 atom stereocenters. The molecule has 0 unspecified atom stereocenters. The van der Waals surface area contributed by atoms with Crippen molar-refractivity contribution in [1.29, 1.82) is 0 Å². The summed E-state index contributed by atoms with van der Waals surface area (Å²) in [6.07, 6.45) is 4.00. The van der Waals surface area contributed by atoms with Gasteiger partial charge in [0.15, 0.2) is 0 Å². The number of nitrogens with one attached hydrogen (secondary N) is 1. The van der Waals surface area contributed by atoms with Gasteiger partial charge in [-0.2, -0.15) is 0 Å². The molecule has 26 heavy (non-hydrogen) atoms. The summed E-state index contributed by atoms with van der Waals surface area (Å²) >= 11 is 0. The van der Waals surface area contributed by atoms with Gasteiger partial charge in [0.05, 0.1) is 5.56 Å². The number of nitrogens with zero attached hydrogens (tertiary/aromatic N) is 3. The smallest absolute Gasteiger partial charge is 0.255 e. The summed E-state index contributed by atoms with van der Waals surface area (Å²) < 4.78 is 1.87. The maximum atomic E-state index is 13.3. The molecule has 2 heterocycles. The first-order valence-electron chi connectivity index (χ1n) is 8.82. The van der Waals surface area contributed by atoms with E-state index in [1.54, 1.807) is 17.2 Å². The SMILES string of the molecule is CC(C)NC(=O)[C@@H]1C[C@@H](N)CN1C(=O)c1ccccc1-c1nccn1C. The van der Waals surface area contributed by atoms with Crippen LogP contribution in [0.25, 0.3) is 11.4 Å². The molecule has 1 fully saturated rings. The van der Waals surface area contributed by atoms with Gasteiger partial charge in [-0.05, 0) is 26.3 Å². The highest BCUT2D eigenvalue weighted by molar-refractivity contribution is 6.02. The first-order valence-corrected chi connectivity index (χ1v) is 8.82. The lowest BCUT2D eigenvalue weighted by Gasteiger charge is -2.25. The average molecular weight is 355 g/mol. The lowest BCUT2D eigenvalue weighted by atomic mass is 10.0. The van der Waals surface area contributed by atoms with Crippen LogP contribution >= 0.6 is 0 Å². The van der Waals surface area contributed by atoms with Gasteiger partial charge >= 0.3 is 0 Å². The predicted octanol–water partition coefficient (Wildman–Crippen LogP) is 1.15. The van der Waals surface area contributed by atoms with Gasteiger partial charge in [-0.1, -0.05) is 18.2 Å². The Morgan fingerprint density at radius 3 is 2.69 bits per heavy atom. The Hall–Kier alpha value is -2.67. The van der Waals surface area contributed by atoms with E-state index < -0.39 is 6.04 Å². The van der Waals surface area contributed by atoms with Gasteiger partial charge in [0.25, 0.3) is 5.91 Å². The number of benzene rings is 1. The minimum absolute atomic E-state index is 0.0103. The number of hydrogen-bond acceptors (Lipinski definition) is 4. The van der Waals surface area contributed by atoms with Crippen LogP contribution in [0.4, 0.5) is 0 Å². The van der Waals surface area contributed by atoms with Crippen LogP contribution < -0.4 is 11.1 Å². The van der Waals surface area contributed by atoms with Crippen molar-refractivity contribution in [3.63, 3.8) is 0 Å². The number of likely N-dealkylation sites (tertiary alicyclic amines) is 1. The van der Waals surface area contributed by atoms with Crippen LogP contribution in [0.1, 0.15) is 30.6 Å². The molecule has 0 bridgehead atoms. The predicted molar refractivity (Wildman–Crippen MR) is 99.3 cm³/mol. The monoisotopic (exact) mass is 355 g/mol. The standard InChI is InChI=1S/C19H25N5O2/c1-12(2)22-18(25)16-10-13(20)11-24(16)19(26)15-7-5-4-6-14(15)17-21-8-9-23(17)3/h4-9,12-13,16H,10-11,20H2,1-3H3,(H,22,25)/t13-,16+/m1/s1. The molecule has 7 heteroatoms. The average Bonchev–Trinajstić information content (AvgIpc) is 3.19. The molecular formula is C19H25N5O2. The van der Waals surface area contributed by atoms with E-state index in [0.717, 1.165) is 5.56 Å². The number of rotatable bonds is 4. The number of amides is 2. The van der Waals surface area contributed by atoms with E-state index in [1.807, 2.05) is 49.9 Å². The van der Waals surface area contributed by atoms with E-state index in [4.69, 9.17) is 5.73 Å². The Morgan fingerprint density at radius 2 is 2.04 bits per heavy atom. The van der Waals surface area contributed by atoms with E-state index in [-0.39, 0.29) is 23.9 Å². The molecule has 0 radical (unpaired) electrons. The van der Waals surface area contributed by atoms with Gasteiger partial charge in [0, 0.05) is 43.6 Å². The van der Waals surface area contributed by atoms with Crippen molar-refractivity contribution in [2.75, 3.05) is 6.54 Å². The summed E-state index contributed by atoms with van der Waals surface area (Å²) in [7, 11) is 1.88. The van der Waals surface area contributed by atoms with Crippen molar-refractivity contribution in [3.05, 3.63) is 42.2 Å². The Labute approximate surface area is 153 Å². The number of aromatic nitrogens is 2. The second-order valence-electron chi connectivity index (χ2n) is 7.04. The van der Waals surface area contributed by atoms with Crippen molar-refractivity contribution < 1.29 is 9.59 Å². The second kappa shape index (κ2) is 7.29. The van der Waals surface area contributed by atoms with Gasteiger partial charge in [-0.3, -0.25) is 9.59 Å². The van der Waals surface area contributed by atoms with Crippen molar-refractivity contribution in [2.45, 2.75) is 38.4 Å². The van der Waals surface area contributed by atoms with Crippen LogP contribution in [0.15, 0.2) is 36.7 Å². The molecule has 1 aliphatic heterocycles. The minimum Gasteiger partial charge on any atom is -0.352 e. The summed E-state index contributed by atoms with van der Waals surface area (Å²) in [4.78, 5) is 31.8. The van der Waals surface area contributed by atoms with E-state index in [9.17, 15) is 9.59 Å². The quantitative estimate of drug-likeness (QED) is 0.860. The Kier molecular flexibility index (Phi) is 5.08. The van der Waals surface area contributed by atoms with Crippen LogP contribution in [0.3, 0.4) is 0 Å². The molecule has 1 aliphatic rings. The van der Waals surface area contributed by atoms with E-state index in [2.05, 4.69) is 10.3 Å². The number of nitrogens with two attached hydrogens (primary N) is 1. The molecule has 0 spiro atoms. The van der Waals surface area contributed by atoms with Crippen molar-refractivity contribution >= 4 is 11.8 Å². The van der Waals surface area contributed by atoms with E-state index in [0.29, 0.717) is 24.4 Å². The first kappa shape index (κ1) is 18.1. The van der Waals surface area contributed by atoms with Gasteiger partial charge in [-0.25, -0.2) is 4.98 Å². The largest absolute Gasteiger partial charge is 0.352 e.